The molecule has 2 aromatic carbocycles. The van der Waals surface area contributed by atoms with Gasteiger partial charge < -0.3 is 10.8 Å². The van der Waals surface area contributed by atoms with E-state index in [1.165, 1.54) is 0 Å². The average Bonchev–Trinajstić information content (AvgIpc) is 2.44. The van der Waals surface area contributed by atoms with Crippen LogP contribution < -0.4 is 5.73 Å². The van der Waals surface area contributed by atoms with Gasteiger partial charge in [0.05, 0.1) is 16.1 Å². The van der Waals surface area contributed by atoms with Gasteiger partial charge in [0, 0.05) is 23.0 Å². The standard InChI is InChI=1S/C15H14Cl3NO/c16-12-6-2-1-4-9(12)11(8-19)15(20)10-5-3-7-13(17)14(10)18/h1-7,11,15,20H,8,19H2. The number of hydrogen-bond donors (Lipinski definition) is 2. The first-order valence-corrected chi connectivity index (χ1v) is 7.26. The summed E-state index contributed by atoms with van der Waals surface area (Å²) in [6.45, 7) is 0.244. The van der Waals surface area contributed by atoms with E-state index in [2.05, 4.69) is 0 Å². The minimum atomic E-state index is -0.869. The Labute approximate surface area is 133 Å². The van der Waals surface area contributed by atoms with Crippen molar-refractivity contribution >= 4 is 34.8 Å². The molecule has 0 aliphatic rings. The predicted molar refractivity (Wildman–Crippen MR) is 84.7 cm³/mol. The predicted octanol–water partition coefficient (Wildman–Crippen LogP) is 4.42. The number of halogens is 3. The van der Waals surface area contributed by atoms with Gasteiger partial charge in [0.2, 0.25) is 0 Å². The third kappa shape index (κ3) is 3.11. The number of aliphatic hydroxyl groups excluding tert-OH is 1. The highest BCUT2D eigenvalue weighted by Crippen LogP contribution is 2.38. The molecule has 2 nitrogen and oxygen atoms in total. The van der Waals surface area contributed by atoms with Gasteiger partial charge in [-0.3, -0.25) is 0 Å². The van der Waals surface area contributed by atoms with Gasteiger partial charge in [-0.15, -0.1) is 0 Å². The lowest BCUT2D eigenvalue weighted by molar-refractivity contribution is 0.147. The maximum atomic E-state index is 10.6. The van der Waals surface area contributed by atoms with Crippen LogP contribution in [0.5, 0.6) is 0 Å². The Morgan fingerprint density at radius 2 is 1.50 bits per heavy atom. The van der Waals surface area contributed by atoms with Crippen LogP contribution in [0.2, 0.25) is 15.1 Å². The molecule has 2 rings (SSSR count). The zero-order valence-corrected chi connectivity index (χ0v) is 12.8. The van der Waals surface area contributed by atoms with E-state index in [1.54, 1.807) is 24.3 Å². The van der Waals surface area contributed by atoms with Crippen molar-refractivity contribution < 1.29 is 5.11 Å². The van der Waals surface area contributed by atoms with Crippen LogP contribution in [0.3, 0.4) is 0 Å². The van der Waals surface area contributed by atoms with Crippen LogP contribution in [0.1, 0.15) is 23.1 Å². The Morgan fingerprint density at radius 1 is 0.900 bits per heavy atom. The van der Waals surface area contributed by atoms with Gasteiger partial charge in [-0.05, 0) is 17.7 Å². The highest BCUT2D eigenvalue weighted by molar-refractivity contribution is 6.42. The van der Waals surface area contributed by atoms with Crippen LogP contribution in [0.25, 0.3) is 0 Å². The first-order valence-electron chi connectivity index (χ1n) is 6.12. The zero-order chi connectivity index (χ0) is 14.7. The van der Waals surface area contributed by atoms with E-state index < -0.39 is 6.10 Å². The van der Waals surface area contributed by atoms with Gasteiger partial charge in [-0.1, -0.05) is 65.1 Å². The molecule has 0 heterocycles. The van der Waals surface area contributed by atoms with Gasteiger partial charge in [0.1, 0.15) is 0 Å². The number of aliphatic hydroxyl groups is 1. The second-order valence-corrected chi connectivity index (χ2v) is 5.64. The molecular weight excluding hydrogens is 317 g/mol. The molecule has 0 saturated heterocycles. The van der Waals surface area contributed by atoms with Crippen LogP contribution in [0.4, 0.5) is 0 Å². The summed E-state index contributed by atoms with van der Waals surface area (Å²) < 4.78 is 0. The lowest BCUT2D eigenvalue weighted by atomic mass is 9.89. The number of nitrogens with two attached hydrogens (primary N) is 1. The second-order valence-electron chi connectivity index (χ2n) is 4.45. The van der Waals surface area contributed by atoms with Gasteiger partial charge in [0.15, 0.2) is 0 Å². The van der Waals surface area contributed by atoms with Crippen LogP contribution in [-0.4, -0.2) is 11.7 Å². The Balaban J connectivity index is 2.42. The molecule has 106 valence electrons. The molecule has 0 aromatic heterocycles. The summed E-state index contributed by atoms with van der Waals surface area (Å²) in [7, 11) is 0. The molecule has 5 heteroatoms. The molecule has 0 aliphatic heterocycles. The Bertz CT molecular complexity index is 603. The summed E-state index contributed by atoms with van der Waals surface area (Å²) >= 11 is 18.3. The van der Waals surface area contributed by atoms with Gasteiger partial charge in [0.25, 0.3) is 0 Å². The molecule has 0 saturated carbocycles. The average molecular weight is 331 g/mol. The molecule has 20 heavy (non-hydrogen) atoms. The van der Waals surface area contributed by atoms with Gasteiger partial charge in [-0.2, -0.15) is 0 Å². The topological polar surface area (TPSA) is 46.2 Å². The fourth-order valence-corrected chi connectivity index (χ4v) is 2.86. The summed E-state index contributed by atoms with van der Waals surface area (Å²) in [4.78, 5) is 0. The second kappa shape index (κ2) is 6.79. The summed E-state index contributed by atoms with van der Waals surface area (Å²) in [5.74, 6) is -0.348. The van der Waals surface area contributed by atoms with Crippen molar-refractivity contribution in [3.8, 4) is 0 Å². The normalized spacial score (nSPS) is 14.1. The fourth-order valence-electron chi connectivity index (χ4n) is 2.17. The van der Waals surface area contributed by atoms with E-state index in [9.17, 15) is 5.11 Å². The monoisotopic (exact) mass is 329 g/mol. The lowest BCUT2D eigenvalue weighted by Gasteiger charge is -2.24. The summed E-state index contributed by atoms with van der Waals surface area (Å²) in [5, 5.41) is 11.9. The fraction of sp³-hybridized carbons (Fsp3) is 0.200. The first-order chi connectivity index (χ1) is 9.56. The van der Waals surface area contributed by atoms with Gasteiger partial charge in [-0.25, -0.2) is 0 Å². The minimum absolute atomic E-state index is 0.244. The molecule has 0 fully saturated rings. The Kier molecular flexibility index (Phi) is 5.30. The Hall–Kier alpha value is -0.770. The van der Waals surface area contributed by atoms with Gasteiger partial charge >= 0.3 is 0 Å². The maximum Gasteiger partial charge on any atom is 0.0886 e. The van der Waals surface area contributed by atoms with Crippen molar-refractivity contribution in [3.63, 3.8) is 0 Å². The largest absolute Gasteiger partial charge is 0.388 e. The summed E-state index contributed by atoms with van der Waals surface area (Å²) in [6, 6.07) is 12.5. The molecule has 0 amide bonds. The zero-order valence-electron chi connectivity index (χ0n) is 10.6. The summed E-state index contributed by atoms with van der Waals surface area (Å²) in [6.07, 6.45) is -0.869. The SMILES string of the molecule is NCC(c1ccccc1Cl)C(O)c1cccc(Cl)c1Cl. The molecule has 2 unspecified atom stereocenters. The third-order valence-corrected chi connectivity index (χ3v) is 4.42. The number of benzene rings is 2. The van der Waals surface area contributed by atoms with Crippen LogP contribution in [0.15, 0.2) is 42.5 Å². The van der Waals surface area contributed by atoms with Crippen LogP contribution in [0, 0.1) is 0 Å². The van der Waals surface area contributed by atoms with Crippen molar-refractivity contribution in [2.75, 3.05) is 6.54 Å². The Morgan fingerprint density at radius 3 is 2.15 bits per heavy atom. The lowest BCUT2D eigenvalue weighted by Crippen LogP contribution is -2.20. The van der Waals surface area contributed by atoms with E-state index in [1.807, 2.05) is 18.2 Å². The van der Waals surface area contributed by atoms with Crippen molar-refractivity contribution in [2.24, 2.45) is 5.73 Å². The van der Waals surface area contributed by atoms with E-state index in [0.29, 0.717) is 20.6 Å². The van der Waals surface area contributed by atoms with Crippen molar-refractivity contribution in [2.45, 2.75) is 12.0 Å². The van der Waals surface area contributed by atoms with E-state index in [0.717, 1.165) is 5.56 Å². The molecule has 2 atom stereocenters. The highest BCUT2D eigenvalue weighted by Gasteiger charge is 2.25. The quantitative estimate of drug-likeness (QED) is 0.871. The highest BCUT2D eigenvalue weighted by atomic mass is 35.5. The number of hydrogen-bond acceptors (Lipinski definition) is 2. The molecule has 0 radical (unpaired) electrons. The molecule has 0 aliphatic carbocycles. The minimum Gasteiger partial charge on any atom is -0.388 e. The molecule has 3 N–H and O–H groups in total. The van der Waals surface area contributed by atoms with Crippen LogP contribution in [-0.2, 0) is 0 Å². The van der Waals surface area contributed by atoms with E-state index in [-0.39, 0.29) is 12.5 Å². The molecule has 0 bridgehead atoms. The number of rotatable bonds is 4. The van der Waals surface area contributed by atoms with Crippen LogP contribution >= 0.6 is 34.8 Å². The maximum absolute atomic E-state index is 10.6. The molecule has 0 spiro atoms. The summed E-state index contributed by atoms with van der Waals surface area (Å²) in [5.41, 5.74) is 7.15. The van der Waals surface area contributed by atoms with E-state index in [4.69, 9.17) is 40.5 Å². The smallest absolute Gasteiger partial charge is 0.0886 e. The van der Waals surface area contributed by atoms with E-state index >= 15 is 0 Å². The molecular formula is C15H14Cl3NO. The van der Waals surface area contributed by atoms with Crippen molar-refractivity contribution in [1.29, 1.82) is 0 Å². The van der Waals surface area contributed by atoms with Crippen molar-refractivity contribution in [1.82, 2.24) is 0 Å². The molecule has 2 aromatic rings. The first kappa shape index (κ1) is 15.6. The third-order valence-electron chi connectivity index (χ3n) is 3.24. The van der Waals surface area contributed by atoms with Crippen molar-refractivity contribution in [3.05, 3.63) is 68.7 Å².